The van der Waals surface area contributed by atoms with Crippen molar-refractivity contribution in [1.29, 1.82) is 0 Å². The normalized spacial score (nSPS) is 19.7. The van der Waals surface area contributed by atoms with Gasteiger partial charge in [0.05, 0.1) is 23.1 Å². The predicted octanol–water partition coefficient (Wildman–Crippen LogP) is 3.33. The molecule has 1 aliphatic heterocycles. The number of anilines is 1. The average Bonchev–Trinajstić information content (AvgIpc) is 3.37. The fraction of sp³-hybridized carbons (Fsp3) is 0.455. The first kappa shape index (κ1) is 22.0. The number of aliphatic hydroxyl groups is 1. The van der Waals surface area contributed by atoms with Crippen LogP contribution in [0.25, 0.3) is 11.7 Å². The number of aryl methyl sites for hydroxylation is 1. The number of thioether (sulfide) groups is 1. The number of pyridine rings is 1. The largest absolute Gasteiger partial charge is 0.394 e. The lowest BCUT2D eigenvalue weighted by Crippen LogP contribution is -2.36. The summed E-state index contributed by atoms with van der Waals surface area (Å²) in [5.41, 5.74) is 1.43. The number of nitrogens with zero attached hydrogens (tertiary/aromatic N) is 3. The molecule has 0 bridgehead atoms. The van der Waals surface area contributed by atoms with E-state index in [1.54, 1.807) is 23.2 Å². The number of nitrogens with one attached hydrogen (secondary N) is 1. The highest BCUT2D eigenvalue weighted by Gasteiger charge is 2.38. The van der Waals surface area contributed by atoms with Crippen molar-refractivity contribution in [1.82, 2.24) is 14.3 Å². The summed E-state index contributed by atoms with van der Waals surface area (Å²) in [5.74, 6) is 0.224. The monoisotopic (exact) mass is 458 g/mol. The number of fused-ring (bicyclic) bond motifs is 1. The lowest BCUT2D eigenvalue weighted by molar-refractivity contribution is -0.123. The fourth-order valence-corrected chi connectivity index (χ4v) is 5.49. The molecule has 1 saturated carbocycles. The Labute approximate surface area is 190 Å². The summed E-state index contributed by atoms with van der Waals surface area (Å²) in [5, 5.41) is 12.8. The van der Waals surface area contributed by atoms with E-state index in [-0.39, 0.29) is 30.2 Å². The second-order valence-electron chi connectivity index (χ2n) is 7.99. The van der Waals surface area contributed by atoms with E-state index in [9.17, 15) is 14.7 Å². The van der Waals surface area contributed by atoms with Crippen LogP contribution >= 0.6 is 24.0 Å². The molecule has 4 rings (SSSR count). The smallest absolute Gasteiger partial charge is 0.267 e. The summed E-state index contributed by atoms with van der Waals surface area (Å²) < 4.78 is 2.04. The second kappa shape index (κ2) is 9.10. The topological polar surface area (TPSA) is 86.9 Å². The molecule has 1 atom stereocenters. The Balaban J connectivity index is 1.82. The molecule has 0 radical (unpaired) electrons. The lowest BCUT2D eigenvalue weighted by Gasteiger charge is -2.22. The molecule has 1 saturated heterocycles. The third kappa shape index (κ3) is 4.14. The van der Waals surface area contributed by atoms with Gasteiger partial charge in [-0.05, 0) is 43.9 Å². The van der Waals surface area contributed by atoms with E-state index in [1.165, 1.54) is 16.2 Å². The molecule has 0 spiro atoms. The Hall–Kier alpha value is -2.23. The average molecular weight is 459 g/mol. The fourth-order valence-electron chi connectivity index (χ4n) is 4.11. The van der Waals surface area contributed by atoms with Crippen molar-refractivity contribution in [3.05, 3.63) is 44.7 Å². The van der Waals surface area contributed by atoms with E-state index in [2.05, 4.69) is 10.3 Å². The molecule has 2 aromatic heterocycles. The van der Waals surface area contributed by atoms with Crippen LogP contribution in [0.2, 0.25) is 0 Å². The Kier molecular flexibility index (Phi) is 6.45. The molecule has 1 aliphatic carbocycles. The van der Waals surface area contributed by atoms with Crippen LogP contribution < -0.4 is 10.9 Å². The maximum Gasteiger partial charge on any atom is 0.267 e. The standard InChI is InChI=1S/C22H26N4O3S2/c1-3-14(12-27)23-18-16(20(28)25-10-6-7-13(2)19(25)24-18)11-17-21(29)26(22(30)31-17)15-8-4-5-9-15/h6-7,10-11,14-15,23,27H,3-5,8-9,12H2,1-2H3. The van der Waals surface area contributed by atoms with Gasteiger partial charge in [0, 0.05) is 12.2 Å². The van der Waals surface area contributed by atoms with Crippen molar-refractivity contribution in [3.63, 3.8) is 0 Å². The maximum absolute atomic E-state index is 13.4. The van der Waals surface area contributed by atoms with Crippen molar-refractivity contribution in [3.8, 4) is 0 Å². The molecule has 1 amide bonds. The molecule has 31 heavy (non-hydrogen) atoms. The van der Waals surface area contributed by atoms with Crippen LogP contribution in [-0.4, -0.2) is 48.3 Å². The summed E-state index contributed by atoms with van der Waals surface area (Å²) in [6, 6.07) is 3.58. The van der Waals surface area contributed by atoms with E-state index < -0.39 is 0 Å². The number of rotatable bonds is 6. The van der Waals surface area contributed by atoms with Crippen molar-refractivity contribution in [2.75, 3.05) is 11.9 Å². The Morgan fingerprint density at radius 3 is 2.81 bits per heavy atom. The Morgan fingerprint density at radius 1 is 1.39 bits per heavy atom. The van der Waals surface area contributed by atoms with Crippen LogP contribution in [0.5, 0.6) is 0 Å². The molecule has 164 valence electrons. The van der Waals surface area contributed by atoms with E-state index in [1.807, 2.05) is 19.9 Å². The molecule has 3 heterocycles. The minimum Gasteiger partial charge on any atom is -0.394 e. The van der Waals surface area contributed by atoms with E-state index in [4.69, 9.17) is 12.2 Å². The SMILES string of the molecule is CCC(CO)Nc1nc2c(C)cccn2c(=O)c1C=C1SC(=S)N(C2CCCC2)C1=O. The Bertz CT molecular complexity index is 1120. The van der Waals surface area contributed by atoms with Crippen molar-refractivity contribution in [2.45, 2.75) is 58.0 Å². The van der Waals surface area contributed by atoms with Gasteiger partial charge in [0.15, 0.2) is 0 Å². The van der Waals surface area contributed by atoms with Gasteiger partial charge in [-0.2, -0.15) is 0 Å². The molecule has 7 nitrogen and oxygen atoms in total. The maximum atomic E-state index is 13.4. The molecule has 9 heteroatoms. The van der Waals surface area contributed by atoms with Crippen LogP contribution in [0.3, 0.4) is 0 Å². The number of hydrogen-bond donors (Lipinski definition) is 2. The molecule has 1 unspecified atom stereocenters. The van der Waals surface area contributed by atoms with E-state index in [0.29, 0.717) is 32.7 Å². The van der Waals surface area contributed by atoms with Crippen LogP contribution in [0.15, 0.2) is 28.0 Å². The molecular formula is C22H26N4O3S2. The molecule has 2 N–H and O–H groups in total. The second-order valence-corrected chi connectivity index (χ2v) is 9.66. The van der Waals surface area contributed by atoms with Crippen molar-refractivity contribution >= 4 is 51.7 Å². The number of aliphatic hydroxyl groups excluding tert-OH is 1. The molecule has 2 fully saturated rings. The third-order valence-corrected chi connectivity index (χ3v) is 7.26. The summed E-state index contributed by atoms with van der Waals surface area (Å²) >= 11 is 6.73. The number of carbonyl (C=O) groups is 1. The quantitative estimate of drug-likeness (QED) is 0.507. The third-order valence-electron chi connectivity index (χ3n) is 5.93. The minimum atomic E-state index is -0.268. The first-order valence-corrected chi connectivity index (χ1v) is 11.8. The van der Waals surface area contributed by atoms with Gasteiger partial charge in [-0.25, -0.2) is 4.98 Å². The highest BCUT2D eigenvalue weighted by atomic mass is 32.2. The van der Waals surface area contributed by atoms with Gasteiger partial charge in [0.25, 0.3) is 11.5 Å². The number of amides is 1. The van der Waals surface area contributed by atoms with Gasteiger partial charge >= 0.3 is 0 Å². The Morgan fingerprint density at radius 2 is 2.13 bits per heavy atom. The summed E-state index contributed by atoms with van der Waals surface area (Å²) in [6.45, 7) is 3.75. The number of aromatic nitrogens is 2. The van der Waals surface area contributed by atoms with Gasteiger partial charge in [0.2, 0.25) is 0 Å². The summed E-state index contributed by atoms with van der Waals surface area (Å²) in [6.07, 6.45) is 8.06. The zero-order valence-corrected chi connectivity index (χ0v) is 19.3. The summed E-state index contributed by atoms with van der Waals surface area (Å²) in [4.78, 5) is 33.4. The predicted molar refractivity (Wildman–Crippen MR) is 128 cm³/mol. The van der Waals surface area contributed by atoms with Gasteiger partial charge < -0.3 is 10.4 Å². The highest BCUT2D eigenvalue weighted by Crippen LogP contribution is 2.38. The number of thiocarbonyl (C=S) groups is 1. The van der Waals surface area contributed by atoms with Gasteiger partial charge in [-0.3, -0.25) is 18.9 Å². The van der Waals surface area contributed by atoms with E-state index in [0.717, 1.165) is 31.2 Å². The lowest BCUT2D eigenvalue weighted by atomic mass is 10.2. The molecule has 2 aromatic rings. The zero-order chi connectivity index (χ0) is 22.1. The summed E-state index contributed by atoms with van der Waals surface area (Å²) in [7, 11) is 0. The van der Waals surface area contributed by atoms with Crippen molar-refractivity contribution in [2.24, 2.45) is 0 Å². The van der Waals surface area contributed by atoms with Crippen LogP contribution in [0.4, 0.5) is 5.82 Å². The van der Waals surface area contributed by atoms with Gasteiger partial charge in [-0.15, -0.1) is 0 Å². The number of hydrogen-bond acceptors (Lipinski definition) is 7. The van der Waals surface area contributed by atoms with Crippen LogP contribution in [0, 0.1) is 6.92 Å². The molecular weight excluding hydrogens is 432 g/mol. The van der Waals surface area contributed by atoms with Gasteiger partial charge in [0.1, 0.15) is 15.8 Å². The molecule has 2 aliphatic rings. The highest BCUT2D eigenvalue weighted by molar-refractivity contribution is 8.26. The van der Waals surface area contributed by atoms with E-state index >= 15 is 0 Å². The van der Waals surface area contributed by atoms with Gasteiger partial charge in [-0.1, -0.05) is 49.8 Å². The first-order valence-electron chi connectivity index (χ1n) is 10.6. The van der Waals surface area contributed by atoms with Crippen LogP contribution in [0.1, 0.15) is 50.2 Å². The van der Waals surface area contributed by atoms with Crippen LogP contribution in [-0.2, 0) is 4.79 Å². The molecule has 0 aromatic carbocycles. The first-order chi connectivity index (χ1) is 14.9. The van der Waals surface area contributed by atoms with Crippen molar-refractivity contribution < 1.29 is 9.90 Å². The minimum absolute atomic E-state index is 0.0887. The number of carbonyl (C=O) groups excluding carboxylic acids is 1. The zero-order valence-electron chi connectivity index (χ0n) is 17.6.